The lowest BCUT2D eigenvalue weighted by Gasteiger charge is -2.31. The minimum Gasteiger partial charge on any atom is -0.378 e. The van der Waals surface area contributed by atoms with Crippen LogP contribution in [-0.2, 0) is 11.3 Å². The molecule has 0 bridgehead atoms. The summed E-state index contributed by atoms with van der Waals surface area (Å²) < 4.78 is 5.90. The lowest BCUT2D eigenvalue weighted by molar-refractivity contribution is 0.0895. The largest absolute Gasteiger partial charge is 0.378 e. The van der Waals surface area contributed by atoms with Gasteiger partial charge in [0.15, 0.2) is 5.11 Å². The topological polar surface area (TPSA) is 27.7 Å². The molecular formula is C22H35N3OS. The second kappa shape index (κ2) is 10.3. The first-order valence-electron chi connectivity index (χ1n) is 10.5. The van der Waals surface area contributed by atoms with Gasteiger partial charge in [0.2, 0.25) is 0 Å². The lowest BCUT2D eigenvalue weighted by Crippen LogP contribution is -2.46. The first kappa shape index (κ1) is 20.4. The first-order chi connectivity index (χ1) is 13.1. The fourth-order valence-electron chi connectivity index (χ4n) is 4.06. The van der Waals surface area contributed by atoms with E-state index in [4.69, 9.17) is 17.0 Å². The van der Waals surface area contributed by atoms with E-state index in [1.165, 1.54) is 56.2 Å². The summed E-state index contributed by atoms with van der Waals surface area (Å²) in [6.45, 7) is 2.61. The standard InChI is InChI=1S/C22H35N3OS/c1-24(2)20-13-11-18(12-14-20)16-25(17-21-10-7-15-26-21)22(27)23-19-8-5-3-4-6-9-19/h11-14,19,21H,3-10,15-17H2,1-2H3,(H,23,27)/t21-/m1/s1. The van der Waals surface area contributed by atoms with Gasteiger partial charge in [-0.15, -0.1) is 0 Å². The number of hydrogen-bond acceptors (Lipinski definition) is 3. The summed E-state index contributed by atoms with van der Waals surface area (Å²) in [7, 11) is 4.15. The van der Waals surface area contributed by atoms with E-state index in [2.05, 4.69) is 53.5 Å². The highest BCUT2D eigenvalue weighted by molar-refractivity contribution is 7.80. The van der Waals surface area contributed by atoms with Crippen LogP contribution in [0.2, 0.25) is 0 Å². The van der Waals surface area contributed by atoms with Crippen molar-refractivity contribution in [2.45, 2.75) is 70.1 Å². The van der Waals surface area contributed by atoms with Crippen LogP contribution in [0.5, 0.6) is 0 Å². The van der Waals surface area contributed by atoms with Crippen LogP contribution < -0.4 is 10.2 Å². The number of ether oxygens (including phenoxy) is 1. The zero-order valence-electron chi connectivity index (χ0n) is 17.0. The molecule has 0 amide bonds. The molecule has 0 spiro atoms. The summed E-state index contributed by atoms with van der Waals surface area (Å²) >= 11 is 5.85. The molecule has 0 radical (unpaired) electrons. The zero-order valence-corrected chi connectivity index (χ0v) is 17.8. The van der Waals surface area contributed by atoms with E-state index in [1.807, 2.05) is 0 Å². The Morgan fingerprint density at radius 1 is 1.04 bits per heavy atom. The summed E-state index contributed by atoms with van der Waals surface area (Å²) in [5.74, 6) is 0. The van der Waals surface area contributed by atoms with Crippen LogP contribution in [0, 0.1) is 0 Å². The molecule has 0 aromatic heterocycles. The Kier molecular flexibility index (Phi) is 7.77. The molecule has 27 heavy (non-hydrogen) atoms. The van der Waals surface area contributed by atoms with Crippen molar-refractivity contribution in [1.82, 2.24) is 10.2 Å². The van der Waals surface area contributed by atoms with Crippen LogP contribution in [0.1, 0.15) is 56.9 Å². The number of thiocarbonyl (C=S) groups is 1. The highest BCUT2D eigenvalue weighted by Crippen LogP contribution is 2.20. The van der Waals surface area contributed by atoms with Crippen LogP contribution in [0.4, 0.5) is 5.69 Å². The molecule has 4 nitrogen and oxygen atoms in total. The number of hydrogen-bond donors (Lipinski definition) is 1. The van der Waals surface area contributed by atoms with Crippen molar-refractivity contribution in [1.29, 1.82) is 0 Å². The molecule has 150 valence electrons. The van der Waals surface area contributed by atoms with Crippen molar-refractivity contribution in [3.63, 3.8) is 0 Å². The smallest absolute Gasteiger partial charge is 0.169 e. The summed E-state index contributed by atoms with van der Waals surface area (Å²) in [5.41, 5.74) is 2.52. The van der Waals surface area contributed by atoms with Gasteiger partial charge in [-0.1, -0.05) is 37.8 Å². The number of anilines is 1. The third-order valence-electron chi connectivity index (χ3n) is 5.74. The normalized spacial score (nSPS) is 20.9. The minimum atomic E-state index is 0.305. The van der Waals surface area contributed by atoms with Crippen LogP contribution >= 0.6 is 12.2 Å². The molecular weight excluding hydrogens is 354 g/mol. The molecule has 1 saturated heterocycles. The first-order valence-corrected chi connectivity index (χ1v) is 11.0. The fourth-order valence-corrected chi connectivity index (χ4v) is 4.37. The van der Waals surface area contributed by atoms with Crippen LogP contribution in [0.3, 0.4) is 0 Å². The monoisotopic (exact) mass is 389 g/mol. The van der Waals surface area contributed by atoms with Gasteiger partial charge in [0, 0.05) is 45.5 Å². The number of benzene rings is 1. The predicted molar refractivity (Wildman–Crippen MR) is 117 cm³/mol. The van der Waals surface area contributed by atoms with Crippen molar-refractivity contribution in [2.75, 3.05) is 32.1 Å². The number of nitrogens with zero attached hydrogens (tertiary/aromatic N) is 2. The summed E-state index contributed by atoms with van der Waals surface area (Å²) in [4.78, 5) is 4.45. The Hall–Kier alpha value is -1.33. The van der Waals surface area contributed by atoms with Crippen molar-refractivity contribution in [3.8, 4) is 0 Å². The molecule has 5 heteroatoms. The van der Waals surface area contributed by atoms with Gasteiger partial charge in [-0.05, 0) is 55.6 Å². The third-order valence-corrected chi connectivity index (χ3v) is 6.12. The molecule has 1 aromatic rings. The molecule has 1 atom stereocenters. The van der Waals surface area contributed by atoms with Gasteiger partial charge in [0.1, 0.15) is 0 Å². The Labute approximate surface area is 170 Å². The van der Waals surface area contributed by atoms with Crippen LogP contribution in [-0.4, -0.2) is 49.4 Å². The summed E-state index contributed by atoms with van der Waals surface area (Å²) in [6.07, 6.45) is 10.5. The maximum absolute atomic E-state index is 5.90. The second-order valence-electron chi connectivity index (χ2n) is 8.21. The third kappa shape index (κ3) is 6.35. The van der Waals surface area contributed by atoms with Gasteiger partial charge < -0.3 is 19.9 Å². The molecule has 1 aliphatic carbocycles. The molecule has 2 fully saturated rings. The molecule has 1 N–H and O–H groups in total. The second-order valence-corrected chi connectivity index (χ2v) is 8.60. The van der Waals surface area contributed by atoms with Crippen LogP contribution in [0.15, 0.2) is 24.3 Å². The van der Waals surface area contributed by atoms with Crippen molar-refractivity contribution in [2.24, 2.45) is 0 Å². The Balaban J connectivity index is 1.64. The lowest BCUT2D eigenvalue weighted by atomic mass is 10.1. The van der Waals surface area contributed by atoms with Gasteiger partial charge in [-0.3, -0.25) is 0 Å². The van der Waals surface area contributed by atoms with Crippen molar-refractivity contribution in [3.05, 3.63) is 29.8 Å². The van der Waals surface area contributed by atoms with E-state index < -0.39 is 0 Å². The van der Waals surface area contributed by atoms with Crippen molar-refractivity contribution < 1.29 is 4.74 Å². The van der Waals surface area contributed by atoms with Crippen LogP contribution in [0.25, 0.3) is 0 Å². The highest BCUT2D eigenvalue weighted by atomic mass is 32.1. The average molecular weight is 390 g/mol. The van der Waals surface area contributed by atoms with E-state index >= 15 is 0 Å². The zero-order chi connectivity index (χ0) is 19.1. The molecule has 0 unspecified atom stereocenters. The quantitative estimate of drug-likeness (QED) is 0.577. The van der Waals surface area contributed by atoms with Gasteiger partial charge in [-0.25, -0.2) is 0 Å². The highest BCUT2D eigenvalue weighted by Gasteiger charge is 2.23. The number of rotatable bonds is 6. The predicted octanol–water partition coefficient (Wildman–Crippen LogP) is 4.33. The van der Waals surface area contributed by atoms with E-state index in [-0.39, 0.29) is 0 Å². The minimum absolute atomic E-state index is 0.305. The SMILES string of the molecule is CN(C)c1ccc(CN(C[C@H]2CCCO2)C(=S)NC2CCCCCC2)cc1. The van der Waals surface area contributed by atoms with Gasteiger partial charge in [-0.2, -0.15) is 0 Å². The molecule has 2 aliphatic rings. The molecule has 1 heterocycles. The maximum Gasteiger partial charge on any atom is 0.169 e. The maximum atomic E-state index is 5.90. The molecule has 1 aliphatic heterocycles. The van der Waals surface area contributed by atoms with E-state index in [0.29, 0.717) is 12.1 Å². The van der Waals surface area contributed by atoms with E-state index in [1.54, 1.807) is 0 Å². The Bertz CT molecular complexity index is 576. The molecule has 3 rings (SSSR count). The Morgan fingerprint density at radius 2 is 1.74 bits per heavy atom. The molecule has 1 aromatic carbocycles. The molecule has 1 saturated carbocycles. The van der Waals surface area contributed by atoms with Gasteiger partial charge in [0.25, 0.3) is 0 Å². The number of nitrogens with one attached hydrogen (secondary N) is 1. The van der Waals surface area contributed by atoms with Gasteiger partial charge in [0.05, 0.1) is 6.10 Å². The van der Waals surface area contributed by atoms with E-state index in [9.17, 15) is 0 Å². The van der Waals surface area contributed by atoms with Crippen molar-refractivity contribution >= 4 is 23.0 Å². The summed E-state index contributed by atoms with van der Waals surface area (Å²) in [5, 5.41) is 4.57. The fraction of sp³-hybridized carbons (Fsp3) is 0.682. The summed E-state index contributed by atoms with van der Waals surface area (Å²) in [6, 6.07) is 9.32. The Morgan fingerprint density at radius 3 is 2.33 bits per heavy atom. The average Bonchev–Trinajstić information content (AvgIpc) is 3.04. The van der Waals surface area contributed by atoms with Gasteiger partial charge >= 0.3 is 0 Å². The van der Waals surface area contributed by atoms with E-state index in [0.717, 1.165) is 31.2 Å².